The predicted molar refractivity (Wildman–Crippen MR) is 73.1 cm³/mol. The first-order chi connectivity index (χ1) is 9.08. The lowest BCUT2D eigenvalue weighted by Crippen LogP contribution is -1.90. The molecule has 2 aromatic rings. The van der Waals surface area contributed by atoms with Crippen LogP contribution >= 0.6 is 0 Å². The topological polar surface area (TPSA) is 37.3 Å². The average Bonchev–Trinajstić information content (AvgIpc) is 2.39. The maximum Gasteiger partial charge on any atom is 0.328 e. The number of carboxylic acids is 1. The fourth-order valence-corrected chi connectivity index (χ4v) is 1.88. The first-order valence-corrected chi connectivity index (χ1v) is 5.84. The normalized spacial score (nSPS) is 11.4. The fraction of sp³-hybridized carbons (Fsp3) is 0.0625. The molecule has 0 amide bonds. The molecule has 0 saturated carbocycles. The summed E-state index contributed by atoms with van der Waals surface area (Å²) >= 11 is 0. The van der Waals surface area contributed by atoms with E-state index in [1.807, 2.05) is 0 Å². The standard InChI is InChI=1S/C16H13FO2/c1-11(10-16(18)19)12-6-8-13(9-7-12)14-4-2-3-5-15(14)17/h2-10H,1H3,(H,18,19)/b11-10+. The third-order valence-corrected chi connectivity index (χ3v) is 2.87. The van der Waals surface area contributed by atoms with Crippen LogP contribution in [-0.4, -0.2) is 11.1 Å². The molecule has 0 bridgehead atoms. The number of rotatable bonds is 3. The highest BCUT2D eigenvalue weighted by Crippen LogP contribution is 2.24. The molecule has 19 heavy (non-hydrogen) atoms. The number of carboxylic acid groups (broad SMARTS) is 1. The van der Waals surface area contributed by atoms with E-state index in [0.29, 0.717) is 11.1 Å². The molecule has 0 heterocycles. The third-order valence-electron chi connectivity index (χ3n) is 2.87. The summed E-state index contributed by atoms with van der Waals surface area (Å²) in [5, 5.41) is 8.69. The van der Waals surface area contributed by atoms with Gasteiger partial charge in [-0.1, -0.05) is 42.5 Å². The monoisotopic (exact) mass is 256 g/mol. The van der Waals surface area contributed by atoms with E-state index >= 15 is 0 Å². The van der Waals surface area contributed by atoms with Gasteiger partial charge >= 0.3 is 5.97 Å². The van der Waals surface area contributed by atoms with Crippen LogP contribution < -0.4 is 0 Å². The zero-order valence-electron chi connectivity index (χ0n) is 10.4. The van der Waals surface area contributed by atoms with E-state index in [1.165, 1.54) is 6.07 Å². The summed E-state index contributed by atoms with van der Waals surface area (Å²) in [6.45, 7) is 1.73. The molecule has 0 aliphatic carbocycles. The lowest BCUT2D eigenvalue weighted by Gasteiger charge is -2.05. The summed E-state index contributed by atoms with van der Waals surface area (Å²) in [4.78, 5) is 10.6. The van der Waals surface area contributed by atoms with Crippen molar-refractivity contribution in [1.82, 2.24) is 0 Å². The summed E-state index contributed by atoms with van der Waals surface area (Å²) in [6.07, 6.45) is 1.15. The van der Waals surface area contributed by atoms with Crippen LogP contribution in [0.5, 0.6) is 0 Å². The molecule has 1 N–H and O–H groups in total. The van der Waals surface area contributed by atoms with Gasteiger partial charge in [0.25, 0.3) is 0 Å². The average molecular weight is 256 g/mol. The van der Waals surface area contributed by atoms with Gasteiger partial charge in [-0.15, -0.1) is 0 Å². The Morgan fingerprint density at radius 1 is 1.11 bits per heavy atom. The van der Waals surface area contributed by atoms with Crippen molar-refractivity contribution in [3.63, 3.8) is 0 Å². The van der Waals surface area contributed by atoms with Gasteiger partial charge in [-0.05, 0) is 29.7 Å². The molecule has 0 atom stereocenters. The van der Waals surface area contributed by atoms with Crippen molar-refractivity contribution in [3.05, 3.63) is 66.0 Å². The minimum atomic E-state index is -0.976. The first kappa shape index (κ1) is 13.0. The van der Waals surface area contributed by atoms with Crippen molar-refractivity contribution in [2.75, 3.05) is 0 Å². The van der Waals surface area contributed by atoms with E-state index < -0.39 is 5.97 Å². The van der Waals surface area contributed by atoms with Crippen molar-refractivity contribution in [2.45, 2.75) is 6.92 Å². The number of hydrogen-bond donors (Lipinski definition) is 1. The van der Waals surface area contributed by atoms with Gasteiger partial charge in [0.1, 0.15) is 5.82 Å². The van der Waals surface area contributed by atoms with E-state index in [2.05, 4.69) is 0 Å². The Balaban J connectivity index is 2.34. The summed E-state index contributed by atoms with van der Waals surface area (Å²) < 4.78 is 13.6. The molecule has 0 aliphatic rings. The van der Waals surface area contributed by atoms with Gasteiger partial charge in [0.05, 0.1) is 0 Å². The molecule has 0 spiro atoms. The van der Waals surface area contributed by atoms with Crippen molar-refractivity contribution >= 4 is 11.5 Å². The molecular formula is C16H13FO2. The predicted octanol–water partition coefficient (Wildman–Crippen LogP) is 3.98. The van der Waals surface area contributed by atoms with E-state index in [0.717, 1.165) is 17.2 Å². The third kappa shape index (κ3) is 3.07. The summed E-state index contributed by atoms with van der Waals surface area (Å²) in [6, 6.07) is 13.7. The Morgan fingerprint density at radius 3 is 2.32 bits per heavy atom. The molecule has 2 rings (SSSR count). The van der Waals surface area contributed by atoms with Gasteiger partial charge in [0.15, 0.2) is 0 Å². The quantitative estimate of drug-likeness (QED) is 0.843. The van der Waals surface area contributed by atoms with Crippen LogP contribution in [0.4, 0.5) is 4.39 Å². The zero-order valence-corrected chi connectivity index (χ0v) is 10.4. The van der Waals surface area contributed by atoms with Crippen molar-refractivity contribution in [1.29, 1.82) is 0 Å². The Labute approximate surface area is 110 Å². The van der Waals surface area contributed by atoms with Gasteiger partial charge in [0, 0.05) is 11.6 Å². The highest BCUT2D eigenvalue weighted by molar-refractivity contribution is 5.89. The maximum atomic E-state index is 13.6. The highest BCUT2D eigenvalue weighted by atomic mass is 19.1. The Bertz CT molecular complexity index is 627. The van der Waals surface area contributed by atoms with Crippen LogP contribution in [0.1, 0.15) is 12.5 Å². The molecule has 0 radical (unpaired) electrons. The van der Waals surface area contributed by atoms with Gasteiger partial charge in [0.2, 0.25) is 0 Å². The number of allylic oxidation sites excluding steroid dienone is 1. The molecule has 0 fully saturated rings. The molecule has 2 nitrogen and oxygen atoms in total. The fourth-order valence-electron chi connectivity index (χ4n) is 1.88. The molecule has 3 heteroatoms. The summed E-state index contributed by atoms with van der Waals surface area (Å²) in [5.74, 6) is -1.25. The Kier molecular flexibility index (Phi) is 3.76. The molecular weight excluding hydrogens is 243 g/mol. The zero-order chi connectivity index (χ0) is 13.8. The van der Waals surface area contributed by atoms with E-state index in [4.69, 9.17) is 5.11 Å². The van der Waals surface area contributed by atoms with Gasteiger partial charge in [-0.25, -0.2) is 9.18 Å². The largest absolute Gasteiger partial charge is 0.478 e. The number of carbonyl (C=O) groups is 1. The number of hydrogen-bond acceptors (Lipinski definition) is 1. The Hall–Kier alpha value is -2.42. The number of halogens is 1. The van der Waals surface area contributed by atoms with Crippen molar-refractivity contribution < 1.29 is 14.3 Å². The smallest absolute Gasteiger partial charge is 0.328 e. The number of aliphatic carboxylic acids is 1. The van der Waals surface area contributed by atoms with Crippen LogP contribution in [0.25, 0.3) is 16.7 Å². The van der Waals surface area contributed by atoms with E-state index in [9.17, 15) is 9.18 Å². The molecule has 0 aliphatic heterocycles. The van der Waals surface area contributed by atoms with E-state index in [1.54, 1.807) is 49.4 Å². The molecule has 2 aromatic carbocycles. The Morgan fingerprint density at radius 2 is 1.74 bits per heavy atom. The second kappa shape index (κ2) is 5.48. The SMILES string of the molecule is C/C(=C\C(=O)O)c1ccc(-c2ccccc2F)cc1. The van der Waals surface area contributed by atoms with Gasteiger partial charge < -0.3 is 5.11 Å². The van der Waals surface area contributed by atoms with Crippen LogP contribution in [0, 0.1) is 5.82 Å². The van der Waals surface area contributed by atoms with Crippen LogP contribution in [0.15, 0.2) is 54.6 Å². The second-order valence-corrected chi connectivity index (χ2v) is 4.22. The first-order valence-electron chi connectivity index (χ1n) is 5.84. The minimum absolute atomic E-state index is 0.270. The van der Waals surface area contributed by atoms with Gasteiger partial charge in [-0.3, -0.25) is 0 Å². The lowest BCUT2D eigenvalue weighted by atomic mass is 10.0. The van der Waals surface area contributed by atoms with Crippen molar-refractivity contribution in [2.24, 2.45) is 0 Å². The number of benzene rings is 2. The molecule has 0 unspecified atom stereocenters. The second-order valence-electron chi connectivity index (χ2n) is 4.22. The molecule has 0 aromatic heterocycles. The molecule has 0 saturated heterocycles. The summed E-state index contributed by atoms with van der Waals surface area (Å²) in [5.41, 5.74) is 2.77. The molecule has 96 valence electrons. The minimum Gasteiger partial charge on any atom is -0.478 e. The van der Waals surface area contributed by atoms with Gasteiger partial charge in [-0.2, -0.15) is 0 Å². The van der Waals surface area contributed by atoms with E-state index in [-0.39, 0.29) is 5.82 Å². The van der Waals surface area contributed by atoms with Crippen LogP contribution in [0.2, 0.25) is 0 Å². The maximum absolute atomic E-state index is 13.6. The highest BCUT2D eigenvalue weighted by Gasteiger charge is 2.04. The lowest BCUT2D eigenvalue weighted by molar-refractivity contribution is -0.131. The summed E-state index contributed by atoms with van der Waals surface area (Å²) in [7, 11) is 0. The van der Waals surface area contributed by atoms with Crippen LogP contribution in [-0.2, 0) is 4.79 Å². The van der Waals surface area contributed by atoms with Crippen LogP contribution in [0.3, 0.4) is 0 Å². The van der Waals surface area contributed by atoms with Crippen molar-refractivity contribution in [3.8, 4) is 11.1 Å².